The average molecular weight is 427 g/mol. The van der Waals surface area contributed by atoms with Crippen molar-refractivity contribution in [1.82, 2.24) is 10.6 Å². The van der Waals surface area contributed by atoms with Gasteiger partial charge in [-0.1, -0.05) is 12.2 Å². The number of allylic oxidation sites excluding steroid dienone is 2. The molecule has 9 nitrogen and oxygen atoms in total. The Labute approximate surface area is 177 Å². The highest BCUT2D eigenvalue weighted by molar-refractivity contribution is 5.86. The molecule has 30 heavy (non-hydrogen) atoms. The molecular formula is C21H34N2O7. The maximum atomic E-state index is 12.5. The molecule has 0 bridgehead atoms. The van der Waals surface area contributed by atoms with Crippen LogP contribution in [0.15, 0.2) is 12.2 Å². The minimum Gasteiger partial charge on any atom is -0.463 e. The monoisotopic (exact) mass is 426 g/mol. The fraction of sp³-hybridized carbons (Fsp3) is 0.714. The van der Waals surface area contributed by atoms with Gasteiger partial charge in [0.05, 0.1) is 30.9 Å². The highest BCUT2D eigenvalue weighted by Crippen LogP contribution is 2.19. The zero-order valence-electron chi connectivity index (χ0n) is 18.2. The number of nitrogens with one attached hydrogen (secondary N) is 2. The Morgan fingerprint density at radius 3 is 2.43 bits per heavy atom. The lowest BCUT2D eigenvalue weighted by Crippen LogP contribution is -2.42. The lowest BCUT2D eigenvalue weighted by Gasteiger charge is -2.23. The molecule has 1 heterocycles. The second-order valence-electron chi connectivity index (χ2n) is 8.44. The second kappa shape index (κ2) is 12.3. The number of esters is 2. The van der Waals surface area contributed by atoms with Crippen LogP contribution in [-0.2, 0) is 28.7 Å². The van der Waals surface area contributed by atoms with Crippen LogP contribution >= 0.6 is 0 Å². The predicted molar refractivity (Wildman–Crippen MR) is 109 cm³/mol. The smallest absolute Gasteiger partial charge is 0.309 e. The molecule has 0 spiro atoms. The average Bonchev–Trinajstić information content (AvgIpc) is 2.63. The number of carbonyl (C=O) groups is 4. The van der Waals surface area contributed by atoms with Crippen LogP contribution in [0.1, 0.15) is 53.4 Å². The first-order valence-electron chi connectivity index (χ1n) is 10.2. The molecule has 9 heteroatoms. The number of ether oxygens (including phenoxy) is 2. The van der Waals surface area contributed by atoms with Crippen molar-refractivity contribution in [3.63, 3.8) is 0 Å². The molecule has 0 aromatic heterocycles. The Balaban J connectivity index is 2.85. The largest absolute Gasteiger partial charge is 0.463 e. The Hall–Kier alpha value is -2.42. The van der Waals surface area contributed by atoms with Crippen LogP contribution in [0.4, 0.5) is 0 Å². The van der Waals surface area contributed by atoms with Gasteiger partial charge < -0.3 is 25.2 Å². The van der Waals surface area contributed by atoms with Crippen molar-refractivity contribution in [2.75, 3.05) is 19.8 Å². The van der Waals surface area contributed by atoms with Crippen LogP contribution in [0.3, 0.4) is 0 Å². The maximum absolute atomic E-state index is 12.5. The lowest BCUT2D eigenvalue weighted by atomic mass is 9.96. The summed E-state index contributed by atoms with van der Waals surface area (Å²) >= 11 is 0. The highest BCUT2D eigenvalue weighted by Gasteiger charge is 2.28. The van der Waals surface area contributed by atoms with Crippen LogP contribution < -0.4 is 10.6 Å². The van der Waals surface area contributed by atoms with Gasteiger partial charge in [-0.15, -0.1) is 0 Å². The third-order valence-corrected chi connectivity index (χ3v) is 4.28. The second-order valence-corrected chi connectivity index (χ2v) is 8.44. The summed E-state index contributed by atoms with van der Waals surface area (Å²) in [6.07, 6.45) is 3.88. The number of aliphatic hydroxyl groups is 1. The zero-order valence-corrected chi connectivity index (χ0v) is 18.2. The number of amides is 2. The van der Waals surface area contributed by atoms with E-state index in [0.29, 0.717) is 6.42 Å². The van der Waals surface area contributed by atoms with E-state index in [1.54, 1.807) is 39.8 Å². The molecule has 2 amide bonds. The SMILES string of the molecule is C[C@@H]1COC(=O)[C@H](CC(=O)OC(C)(C)C)C/C=C\C[C@H](CC(=O)NCCO)C(=O)N1. The van der Waals surface area contributed by atoms with Gasteiger partial charge in [0.25, 0.3) is 0 Å². The van der Waals surface area contributed by atoms with E-state index in [1.807, 2.05) is 0 Å². The summed E-state index contributed by atoms with van der Waals surface area (Å²) < 4.78 is 10.6. The molecule has 0 fully saturated rings. The number of carbonyl (C=O) groups excluding carboxylic acids is 4. The van der Waals surface area contributed by atoms with Gasteiger partial charge in [-0.3, -0.25) is 19.2 Å². The molecule has 0 aromatic rings. The standard InChI is InChI=1S/C21H34N2O7/c1-14-13-29-20(28)16(12-18(26)30-21(2,3)4)8-6-5-7-15(19(27)23-14)11-17(25)22-9-10-24/h5-6,14-16,24H,7-13H2,1-4H3,(H,22,25)(H,23,27)/b6-5-/t14-,15-,16+/m1/s1. The van der Waals surface area contributed by atoms with Crippen molar-refractivity contribution in [2.45, 2.75) is 65.0 Å². The molecule has 0 radical (unpaired) electrons. The Bertz CT molecular complexity index is 640. The number of aliphatic hydroxyl groups excluding tert-OH is 1. The molecule has 1 aliphatic heterocycles. The van der Waals surface area contributed by atoms with Gasteiger partial charge >= 0.3 is 11.9 Å². The molecule has 0 saturated heterocycles. The van der Waals surface area contributed by atoms with Gasteiger partial charge in [0.1, 0.15) is 12.2 Å². The minimum absolute atomic E-state index is 0.0238. The number of hydrogen-bond donors (Lipinski definition) is 3. The molecule has 0 unspecified atom stereocenters. The summed E-state index contributed by atoms with van der Waals surface area (Å²) in [5.74, 6) is -2.93. The van der Waals surface area contributed by atoms with Crippen LogP contribution in [0.2, 0.25) is 0 Å². The number of rotatable bonds is 6. The molecule has 0 aromatic carbocycles. The molecule has 3 atom stereocenters. The first-order valence-corrected chi connectivity index (χ1v) is 10.2. The fourth-order valence-corrected chi connectivity index (χ4v) is 2.87. The Morgan fingerprint density at radius 1 is 1.20 bits per heavy atom. The van der Waals surface area contributed by atoms with Crippen LogP contribution in [0.25, 0.3) is 0 Å². The Kier molecular flexibility index (Phi) is 10.5. The fourth-order valence-electron chi connectivity index (χ4n) is 2.87. The van der Waals surface area contributed by atoms with Crippen LogP contribution in [-0.4, -0.2) is 60.3 Å². The van der Waals surface area contributed by atoms with Crippen molar-refractivity contribution in [1.29, 1.82) is 0 Å². The minimum atomic E-state index is -0.690. The van der Waals surface area contributed by atoms with Crippen molar-refractivity contribution in [3.8, 4) is 0 Å². The number of cyclic esters (lactones) is 1. The summed E-state index contributed by atoms with van der Waals surface area (Å²) in [6, 6.07) is -0.449. The summed E-state index contributed by atoms with van der Waals surface area (Å²) in [7, 11) is 0. The third-order valence-electron chi connectivity index (χ3n) is 4.28. The van der Waals surface area contributed by atoms with Crippen LogP contribution in [0.5, 0.6) is 0 Å². The van der Waals surface area contributed by atoms with Crippen LogP contribution in [0, 0.1) is 11.8 Å². The third kappa shape index (κ3) is 10.4. The van der Waals surface area contributed by atoms with E-state index < -0.39 is 35.4 Å². The summed E-state index contributed by atoms with van der Waals surface area (Å²) in [5.41, 5.74) is -0.648. The molecule has 1 rings (SSSR count). The summed E-state index contributed by atoms with van der Waals surface area (Å²) in [5, 5.41) is 14.1. The van der Waals surface area contributed by atoms with Gasteiger partial charge in [-0.25, -0.2) is 0 Å². The molecule has 1 aliphatic rings. The van der Waals surface area contributed by atoms with Crippen molar-refractivity contribution in [3.05, 3.63) is 12.2 Å². The molecule has 3 N–H and O–H groups in total. The van der Waals surface area contributed by atoms with E-state index in [0.717, 1.165) is 0 Å². The first kappa shape index (κ1) is 25.6. The molecular weight excluding hydrogens is 392 g/mol. The number of hydrogen-bond acceptors (Lipinski definition) is 7. The van der Waals surface area contributed by atoms with E-state index in [9.17, 15) is 19.2 Å². The lowest BCUT2D eigenvalue weighted by molar-refractivity contribution is -0.161. The van der Waals surface area contributed by atoms with E-state index in [-0.39, 0.29) is 50.8 Å². The highest BCUT2D eigenvalue weighted by atomic mass is 16.6. The molecule has 170 valence electrons. The summed E-state index contributed by atoms with van der Waals surface area (Å²) in [4.78, 5) is 49.0. The van der Waals surface area contributed by atoms with E-state index in [2.05, 4.69) is 10.6 Å². The normalized spacial score (nSPS) is 24.5. The van der Waals surface area contributed by atoms with Gasteiger partial charge in [-0.2, -0.15) is 0 Å². The zero-order chi connectivity index (χ0) is 22.7. The molecule has 0 saturated carbocycles. The van der Waals surface area contributed by atoms with E-state index in [4.69, 9.17) is 14.6 Å². The van der Waals surface area contributed by atoms with E-state index in [1.165, 1.54) is 0 Å². The van der Waals surface area contributed by atoms with E-state index >= 15 is 0 Å². The summed E-state index contributed by atoms with van der Waals surface area (Å²) in [6.45, 7) is 6.87. The Morgan fingerprint density at radius 2 is 1.83 bits per heavy atom. The quantitative estimate of drug-likeness (QED) is 0.424. The van der Waals surface area contributed by atoms with Crippen molar-refractivity contribution >= 4 is 23.8 Å². The first-order chi connectivity index (χ1) is 14.0. The van der Waals surface area contributed by atoms with Gasteiger partial charge in [0, 0.05) is 13.0 Å². The van der Waals surface area contributed by atoms with Gasteiger partial charge in [0.2, 0.25) is 11.8 Å². The van der Waals surface area contributed by atoms with Crippen molar-refractivity contribution in [2.24, 2.45) is 11.8 Å². The topological polar surface area (TPSA) is 131 Å². The maximum Gasteiger partial charge on any atom is 0.309 e. The molecule has 0 aliphatic carbocycles. The van der Waals surface area contributed by atoms with Gasteiger partial charge in [0.15, 0.2) is 0 Å². The van der Waals surface area contributed by atoms with Gasteiger partial charge in [-0.05, 0) is 40.5 Å². The predicted octanol–water partition coefficient (Wildman–Crippen LogP) is 0.847. The van der Waals surface area contributed by atoms with Crippen molar-refractivity contribution < 1.29 is 33.8 Å².